The molecule has 0 saturated carbocycles. The lowest BCUT2D eigenvalue weighted by Gasteiger charge is -2.37. The van der Waals surface area contributed by atoms with Crippen molar-refractivity contribution < 1.29 is 4.79 Å². The molecule has 1 amide bonds. The predicted molar refractivity (Wildman–Crippen MR) is 75.8 cm³/mol. The summed E-state index contributed by atoms with van der Waals surface area (Å²) in [6.07, 6.45) is 1.62. The van der Waals surface area contributed by atoms with Crippen molar-refractivity contribution in [1.82, 2.24) is 14.8 Å². The van der Waals surface area contributed by atoms with Crippen LogP contribution in [0, 0.1) is 0 Å². The fourth-order valence-electron chi connectivity index (χ4n) is 1.97. The van der Waals surface area contributed by atoms with Crippen LogP contribution in [0.1, 0.15) is 16.6 Å². The Morgan fingerprint density at radius 2 is 2.17 bits per heavy atom. The van der Waals surface area contributed by atoms with Crippen LogP contribution in [0.4, 0.5) is 0 Å². The SMILES string of the molecule is CC(C(N)=S)N1CCN(C(=O)c2cncs2)CC1. The topological polar surface area (TPSA) is 62.5 Å². The smallest absolute Gasteiger partial charge is 0.265 e. The largest absolute Gasteiger partial charge is 0.392 e. The molecular formula is C11H16N4OS2. The van der Waals surface area contributed by atoms with Crippen molar-refractivity contribution in [3.05, 3.63) is 16.6 Å². The first-order valence-corrected chi connectivity index (χ1v) is 7.09. The van der Waals surface area contributed by atoms with E-state index in [1.165, 1.54) is 11.3 Å². The molecule has 1 atom stereocenters. The Morgan fingerprint density at radius 3 is 2.67 bits per heavy atom. The molecule has 5 nitrogen and oxygen atoms in total. The lowest BCUT2D eigenvalue weighted by atomic mass is 10.2. The number of thiazole rings is 1. The van der Waals surface area contributed by atoms with Crippen LogP contribution in [0.5, 0.6) is 0 Å². The highest BCUT2D eigenvalue weighted by atomic mass is 32.1. The zero-order valence-corrected chi connectivity index (χ0v) is 11.8. The second kappa shape index (κ2) is 5.73. The molecular weight excluding hydrogens is 268 g/mol. The highest BCUT2D eigenvalue weighted by Gasteiger charge is 2.26. The fourth-order valence-corrected chi connectivity index (χ4v) is 2.71. The van der Waals surface area contributed by atoms with Crippen LogP contribution in [0.25, 0.3) is 0 Å². The molecule has 2 N–H and O–H groups in total. The lowest BCUT2D eigenvalue weighted by molar-refractivity contribution is 0.0626. The molecule has 18 heavy (non-hydrogen) atoms. The summed E-state index contributed by atoms with van der Waals surface area (Å²) in [6.45, 7) is 5.04. The molecule has 0 radical (unpaired) electrons. The summed E-state index contributed by atoms with van der Waals surface area (Å²) in [7, 11) is 0. The van der Waals surface area contributed by atoms with Crippen LogP contribution < -0.4 is 5.73 Å². The van der Waals surface area contributed by atoms with Gasteiger partial charge in [-0.3, -0.25) is 14.7 Å². The first-order valence-electron chi connectivity index (χ1n) is 5.80. The number of piperazine rings is 1. The molecule has 1 aliphatic heterocycles. The van der Waals surface area contributed by atoms with Crippen molar-refractivity contribution in [2.45, 2.75) is 13.0 Å². The number of aromatic nitrogens is 1. The molecule has 1 aromatic heterocycles. The minimum Gasteiger partial charge on any atom is -0.392 e. The van der Waals surface area contributed by atoms with Crippen molar-refractivity contribution in [2.24, 2.45) is 5.73 Å². The Bertz CT molecular complexity index is 426. The molecule has 1 fully saturated rings. The fraction of sp³-hybridized carbons (Fsp3) is 0.545. The van der Waals surface area contributed by atoms with E-state index in [2.05, 4.69) is 9.88 Å². The van der Waals surface area contributed by atoms with Gasteiger partial charge in [0.05, 0.1) is 22.7 Å². The number of rotatable bonds is 3. The first kappa shape index (κ1) is 13.4. The maximum Gasteiger partial charge on any atom is 0.265 e. The molecule has 1 aliphatic rings. The normalized spacial score (nSPS) is 18.6. The quantitative estimate of drug-likeness (QED) is 0.823. The lowest BCUT2D eigenvalue weighted by Crippen LogP contribution is -2.53. The summed E-state index contributed by atoms with van der Waals surface area (Å²) in [5, 5.41) is 0. The van der Waals surface area contributed by atoms with Gasteiger partial charge in [-0.25, -0.2) is 0 Å². The van der Waals surface area contributed by atoms with E-state index in [0.717, 1.165) is 13.1 Å². The van der Waals surface area contributed by atoms with E-state index >= 15 is 0 Å². The Morgan fingerprint density at radius 1 is 1.50 bits per heavy atom. The molecule has 1 saturated heterocycles. The molecule has 2 heterocycles. The average Bonchev–Trinajstić information content (AvgIpc) is 2.91. The number of hydrogen-bond donors (Lipinski definition) is 1. The van der Waals surface area contributed by atoms with Crippen molar-refractivity contribution in [3.8, 4) is 0 Å². The summed E-state index contributed by atoms with van der Waals surface area (Å²) < 4.78 is 0. The monoisotopic (exact) mass is 284 g/mol. The van der Waals surface area contributed by atoms with Crippen LogP contribution in [-0.4, -0.2) is 57.9 Å². The van der Waals surface area contributed by atoms with E-state index in [1.807, 2.05) is 11.8 Å². The van der Waals surface area contributed by atoms with Gasteiger partial charge in [-0.2, -0.15) is 0 Å². The van der Waals surface area contributed by atoms with Crippen LogP contribution in [0.3, 0.4) is 0 Å². The van der Waals surface area contributed by atoms with E-state index in [4.69, 9.17) is 18.0 Å². The zero-order chi connectivity index (χ0) is 13.1. The van der Waals surface area contributed by atoms with E-state index < -0.39 is 0 Å². The maximum absolute atomic E-state index is 12.1. The summed E-state index contributed by atoms with van der Waals surface area (Å²) in [5.41, 5.74) is 7.32. The third-order valence-corrected chi connectivity index (χ3v) is 4.31. The molecule has 0 aliphatic carbocycles. The number of hydrogen-bond acceptors (Lipinski definition) is 5. The van der Waals surface area contributed by atoms with E-state index in [1.54, 1.807) is 11.7 Å². The van der Waals surface area contributed by atoms with Gasteiger partial charge in [-0.1, -0.05) is 12.2 Å². The van der Waals surface area contributed by atoms with Gasteiger partial charge >= 0.3 is 0 Å². The number of nitrogens with two attached hydrogens (primary N) is 1. The molecule has 2 rings (SSSR count). The van der Waals surface area contributed by atoms with Gasteiger partial charge in [0, 0.05) is 26.2 Å². The Labute approximate surface area is 116 Å². The van der Waals surface area contributed by atoms with Crippen molar-refractivity contribution >= 4 is 34.5 Å². The van der Waals surface area contributed by atoms with Crippen LogP contribution in [-0.2, 0) is 0 Å². The number of thiocarbonyl (C=S) groups is 1. The molecule has 98 valence electrons. The summed E-state index contributed by atoms with van der Waals surface area (Å²) in [4.78, 5) is 21.3. The molecule has 0 spiro atoms. The second-order valence-electron chi connectivity index (χ2n) is 4.27. The molecule has 0 bridgehead atoms. The van der Waals surface area contributed by atoms with Crippen LogP contribution >= 0.6 is 23.6 Å². The number of amides is 1. The summed E-state index contributed by atoms with van der Waals surface area (Å²) in [6, 6.07) is 0.0978. The van der Waals surface area contributed by atoms with Crippen LogP contribution in [0.15, 0.2) is 11.7 Å². The van der Waals surface area contributed by atoms with Gasteiger partial charge in [0.15, 0.2) is 0 Å². The van der Waals surface area contributed by atoms with Crippen LogP contribution in [0.2, 0.25) is 0 Å². The minimum absolute atomic E-state index is 0.0696. The molecule has 1 unspecified atom stereocenters. The molecule has 0 aromatic carbocycles. The third kappa shape index (κ3) is 2.85. The van der Waals surface area contributed by atoms with Gasteiger partial charge in [0.25, 0.3) is 5.91 Å². The first-order chi connectivity index (χ1) is 8.59. The van der Waals surface area contributed by atoms with E-state index in [0.29, 0.717) is 23.0 Å². The Hall–Kier alpha value is -1.05. The Kier molecular flexibility index (Phi) is 4.26. The number of nitrogens with zero attached hydrogens (tertiary/aromatic N) is 3. The summed E-state index contributed by atoms with van der Waals surface area (Å²) in [5.74, 6) is 0.0696. The predicted octanol–water partition coefficient (Wildman–Crippen LogP) is 0.575. The number of carbonyl (C=O) groups excluding carboxylic acids is 1. The third-order valence-electron chi connectivity index (χ3n) is 3.20. The number of carbonyl (C=O) groups is 1. The standard InChI is InChI=1S/C11H16N4OS2/c1-8(10(12)17)14-2-4-15(5-3-14)11(16)9-6-13-7-18-9/h6-8H,2-5H2,1H3,(H2,12,17). The molecule has 7 heteroatoms. The molecule has 1 aromatic rings. The van der Waals surface area contributed by atoms with Gasteiger partial charge in [-0.05, 0) is 6.92 Å². The zero-order valence-electron chi connectivity index (χ0n) is 10.2. The average molecular weight is 284 g/mol. The van der Waals surface area contributed by atoms with Gasteiger partial charge in [-0.15, -0.1) is 11.3 Å². The highest BCUT2D eigenvalue weighted by Crippen LogP contribution is 2.13. The van der Waals surface area contributed by atoms with Gasteiger partial charge in [0.1, 0.15) is 4.88 Å². The van der Waals surface area contributed by atoms with Gasteiger partial charge in [0.2, 0.25) is 0 Å². The van der Waals surface area contributed by atoms with E-state index in [-0.39, 0.29) is 11.9 Å². The maximum atomic E-state index is 12.1. The van der Waals surface area contributed by atoms with Gasteiger partial charge < -0.3 is 10.6 Å². The van der Waals surface area contributed by atoms with Crippen molar-refractivity contribution in [1.29, 1.82) is 0 Å². The minimum atomic E-state index is 0.0696. The van der Waals surface area contributed by atoms with Crippen molar-refractivity contribution in [3.63, 3.8) is 0 Å². The second-order valence-corrected chi connectivity index (χ2v) is 5.63. The Balaban J connectivity index is 1.91. The summed E-state index contributed by atoms with van der Waals surface area (Å²) >= 11 is 6.37. The van der Waals surface area contributed by atoms with Crippen molar-refractivity contribution in [2.75, 3.05) is 26.2 Å². The highest BCUT2D eigenvalue weighted by molar-refractivity contribution is 7.80. The van der Waals surface area contributed by atoms with E-state index in [9.17, 15) is 4.79 Å².